The first-order chi connectivity index (χ1) is 12.0. The molecule has 2 heterocycles. The van der Waals surface area contributed by atoms with Crippen LogP contribution < -0.4 is 10.6 Å². The van der Waals surface area contributed by atoms with E-state index >= 15 is 0 Å². The number of aliphatic hydroxyl groups excluding tert-OH is 1. The van der Waals surface area contributed by atoms with Crippen LogP contribution in [0.25, 0.3) is 0 Å². The Hall–Kier alpha value is -2.87. The number of benzene rings is 1. The summed E-state index contributed by atoms with van der Waals surface area (Å²) in [5, 5.41) is 14.9. The second-order valence-electron chi connectivity index (χ2n) is 5.81. The summed E-state index contributed by atoms with van der Waals surface area (Å²) < 4.78 is 4.76. The molecule has 0 aromatic heterocycles. The van der Waals surface area contributed by atoms with Crippen molar-refractivity contribution in [2.45, 2.75) is 12.8 Å². The highest BCUT2D eigenvalue weighted by Gasteiger charge is 2.35. The molecular weight excluding hydrogens is 326 g/mol. The van der Waals surface area contributed by atoms with E-state index < -0.39 is 11.9 Å². The third-order valence-electron chi connectivity index (χ3n) is 4.25. The maximum absolute atomic E-state index is 12.6. The monoisotopic (exact) mass is 345 g/mol. The maximum Gasteiger partial charge on any atom is 0.337 e. The van der Waals surface area contributed by atoms with Gasteiger partial charge in [-0.15, -0.1) is 0 Å². The van der Waals surface area contributed by atoms with Crippen LogP contribution in [0.1, 0.15) is 12.0 Å². The average molecular weight is 345 g/mol. The molecule has 2 aliphatic heterocycles. The number of hydrogen-bond donors (Lipinski definition) is 3. The largest absolute Gasteiger partial charge is 0.466 e. The van der Waals surface area contributed by atoms with Crippen LogP contribution in [0.3, 0.4) is 0 Å². The Kier molecular flexibility index (Phi) is 4.71. The van der Waals surface area contributed by atoms with E-state index in [-0.39, 0.29) is 36.9 Å². The molecule has 1 aromatic carbocycles. The minimum Gasteiger partial charge on any atom is -0.466 e. The van der Waals surface area contributed by atoms with Crippen LogP contribution in [0.5, 0.6) is 0 Å². The van der Waals surface area contributed by atoms with Crippen molar-refractivity contribution < 1.29 is 24.2 Å². The summed E-state index contributed by atoms with van der Waals surface area (Å²) >= 11 is 0. The molecular formula is C17H19N3O5. The molecule has 0 radical (unpaired) electrons. The molecule has 2 aliphatic rings. The topological polar surface area (TPSA) is 108 Å². The molecule has 1 aromatic rings. The minimum absolute atomic E-state index is 0.0653. The quantitative estimate of drug-likeness (QED) is 0.660. The molecule has 0 unspecified atom stereocenters. The molecule has 0 fully saturated rings. The first-order valence-electron chi connectivity index (χ1n) is 7.95. The Morgan fingerprint density at radius 3 is 2.88 bits per heavy atom. The first kappa shape index (κ1) is 17.0. The van der Waals surface area contributed by atoms with E-state index in [9.17, 15) is 14.4 Å². The number of ether oxygens (including phenoxy) is 1. The molecule has 3 N–H and O–H groups in total. The number of nitrogens with one attached hydrogen (secondary N) is 2. The maximum atomic E-state index is 12.6. The predicted molar refractivity (Wildman–Crippen MR) is 89.7 cm³/mol. The van der Waals surface area contributed by atoms with Crippen molar-refractivity contribution in [1.29, 1.82) is 0 Å². The van der Waals surface area contributed by atoms with Gasteiger partial charge >= 0.3 is 5.97 Å². The Morgan fingerprint density at radius 1 is 1.36 bits per heavy atom. The van der Waals surface area contributed by atoms with Crippen molar-refractivity contribution in [2.24, 2.45) is 0 Å². The van der Waals surface area contributed by atoms with Crippen molar-refractivity contribution in [3.05, 3.63) is 35.0 Å². The number of fused-ring (bicyclic) bond motifs is 1. The van der Waals surface area contributed by atoms with Gasteiger partial charge in [-0.2, -0.15) is 0 Å². The van der Waals surface area contributed by atoms with Gasteiger partial charge in [-0.3, -0.25) is 9.59 Å². The molecule has 0 saturated carbocycles. The van der Waals surface area contributed by atoms with Crippen LogP contribution in [0, 0.1) is 0 Å². The van der Waals surface area contributed by atoms with Gasteiger partial charge in [0.15, 0.2) is 0 Å². The summed E-state index contributed by atoms with van der Waals surface area (Å²) in [5.74, 6) is -1.09. The fraction of sp³-hybridized carbons (Fsp3) is 0.353. The highest BCUT2D eigenvalue weighted by molar-refractivity contribution is 6.09. The Balaban J connectivity index is 1.96. The van der Waals surface area contributed by atoms with Gasteiger partial charge in [0.25, 0.3) is 5.91 Å². The number of methoxy groups -OCH3 is 1. The van der Waals surface area contributed by atoms with Crippen LogP contribution in [0.15, 0.2) is 29.5 Å². The Morgan fingerprint density at radius 2 is 2.16 bits per heavy atom. The summed E-state index contributed by atoms with van der Waals surface area (Å²) in [6, 6.07) is 5.46. The van der Waals surface area contributed by atoms with E-state index in [1.165, 1.54) is 12.0 Å². The number of anilines is 2. The molecule has 25 heavy (non-hydrogen) atoms. The standard InChI is InChI=1S/C17H19N3O5/c1-25-17(24)11-9-20(7-8-21)16(23)15(11)18-12-4-2-3-10-5-6-13(22)19-14(10)12/h2-4,18,21H,5-9H2,1H3,(H,19,22). The van der Waals surface area contributed by atoms with Gasteiger partial charge in [0.1, 0.15) is 5.70 Å². The van der Waals surface area contributed by atoms with Gasteiger partial charge in [-0.1, -0.05) is 12.1 Å². The fourth-order valence-electron chi connectivity index (χ4n) is 2.99. The summed E-state index contributed by atoms with van der Waals surface area (Å²) in [6.07, 6.45) is 1.03. The zero-order chi connectivity index (χ0) is 18.0. The van der Waals surface area contributed by atoms with E-state index in [0.717, 1.165) is 5.56 Å². The molecule has 0 aliphatic carbocycles. The highest BCUT2D eigenvalue weighted by atomic mass is 16.5. The van der Waals surface area contributed by atoms with Crippen molar-refractivity contribution >= 4 is 29.2 Å². The van der Waals surface area contributed by atoms with Crippen molar-refractivity contribution in [1.82, 2.24) is 4.90 Å². The third kappa shape index (κ3) is 3.20. The van der Waals surface area contributed by atoms with Crippen LogP contribution in [0.4, 0.5) is 11.4 Å². The van der Waals surface area contributed by atoms with Crippen LogP contribution in [-0.4, -0.2) is 54.6 Å². The lowest BCUT2D eigenvalue weighted by molar-refractivity contribution is -0.136. The van der Waals surface area contributed by atoms with Crippen molar-refractivity contribution in [3.8, 4) is 0 Å². The van der Waals surface area contributed by atoms with Gasteiger partial charge in [-0.05, 0) is 18.1 Å². The summed E-state index contributed by atoms with van der Waals surface area (Å²) in [7, 11) is 1.25. The molecule has 3 rings (SSSR count). The van der Waals surface area contributed by atoms with Gasteiger partial charge in [0, 0.05) is 13.0 Å². The van der Waals surface area contributed by atoms with Gasteiger partial charge in [0.2, 0.25) is 5.91 Å². The van der Waals surface area contributed by atoms with Crippen LogP contribution >= 0.6 is 0 Å². The SMILES string of the molecule is COC(=O)C1=C(Nc2cccc3c2NC(=O)CC3)C(=O)N(CCO)C1. The number of hydrogen-bond acceptors (Lipinski definition) is 6. The summed E-state index contributed by atoms with van der Waals surface area (Å²) in [6.45, 7) is -0.0197. The number of carbonyl (C=O) groups is 3. The molecule has 2 amide bonds. The molecule has 0 spiro atoms. The van der Waals surface area contributed by atoms with Gasteiger partial charge < -0.3 is 25.4 Å². The molecule has 132 valence electrons. The number of esters is 1. The van der Waals surface area contributed by atoms with Crippen LogP contribution in [-0.2, 0) is 25.5 Å². The van der Waals surface area contributed by atoms with E-state index in [1.807, 2.05) is 12.1 Å². The molecule has 0 atom stereocenters. The second-order valence-corrected chi connectivity index (χ2v) is 5.81. The number of para-hydroxylation sites is 1. The Bertz CT molecular complexity index is 772. The van der Waals surface area contributed by atoms with E-state index in [2.05, 4.69) is 10.6 Å². The summed E-state index contributed by atoms with van der Waals surface area (Å²) in [4.78, 5) is 37.7. The molecule has 0 bridgehead atoms. The zero-order valence-corrected chi connectivity index (χ0v) is 13.8. The smallest absolute Gasteiger partial charge is 0.337 e. The average Bonchev–Trinajstić information content (AvgIpc) is 2.91. The summed E-state index contributed by atoms with van der Waals surface area (Å²) in [5.41, 5.74) is 2.42. The molecule has 0 saturated heterocycles. The second kappa shape index (κ2) is 6.94. The van der Waals surface area contributed by atoms with Crippen LogP contribution in [0.2, 0.25) is 0 Å². The number of nitrogens with zero attached hydrogens (tertiary/aromatic N) is 1. The lowest BCUT2D eigenvalue weighted by atomic mass is 10.0. The van der Waals surface area contributed by atoms with E-state index in [0.29, 0.717) is 24.2 Å². The number of carbonyl (C=O) groups excluding carboxylic acids is 3. The molecule has 8 nitrogen and oxygen atoms in total. The van der Waals surface area contributed by atoms with Gasteiger partial charge in [0.05, 0.1) is 37.2 Å². The number of rotatable bonds is 5. The van der Waals surface area contributed by atoms with Gasteiger partial charge in [-0.25, -0.2) is 4.79 Å². The lowest BCUT2D eigenvalue weighted by Crippen LogP contribution is -2.31. The minimum atomic E-state index is -0.606. The highest BCUT2D eigenvalue weighted by Crippen LogP contribution is 2.33. The normalized spacial score (nSPS) is 16.6. The molecule has 8 heteroatoms. The predicted octanol–water partition coefficient (Wildman–Crippen LogP) is 0.245. The number of amides is 2. The number of β-amino-alcohol motifs (C(OH)–C–C–N with tert-alkyl or cyclic N) is 1. The number of aliphatic hydroxyl groups is 1. The van der Waals surface area contributed by atoms with Crippen molar-refractivity contribution in [2.75, 3.05) is 37.4 Å². The van der Waals surface area contributed by atoms with E-state index in [1.54, 1.807) is 6.07 Å². The van der Waals surface area contributed by atoms with E-state index in [4.69, 9.17) is 9.84 Å². The number of aryl methyl sites for hydroxylation is 1. The lowest BCUT2D eigenvalue weighted by Gasteiger charge is -2.21. The van der Waals surface area contributed by atoms with Crippen molar-refractivity contribution in [3.63, 3.8) is 0 Å². The fourth-order valence-corrected chi connectivity index (χ4v) is 2.99. The zero-order valence-electron chi connectivity index (χ0n) is 13.8. The first-order valence-corrected chi connectivity index (χ1v) is 7.95. The third-order valence-corrected chi connectivity index (χ3v) is 4.25. The Labute approximate surface area is 144 Å².